The number of ketones is 1. The van der Waals surface area contributed by atoms with E-state index in [2.05, 4.69) is 63.4 Å². The zero-order valence-corrected chi connectivity index (χ0v) is 24.8. The summed E-state index contributed by atoms with van der Waals surface area (Å²) in [5.74, 6) is 0.526. The van der Waals surface area contributed by atoms with Gasteiger partial charge in [0, 0.05) is 68.3 Å². The molecule has 1 amide bonds. The van der Waals surface area contributed by atoms with Crippen molar-refractivity contribution in [1.82, 2.24) is 5.32 Å². The zero-order valence-electron chi connectivity index (χ0n) is 24.8. The number of allylic oxidation sites excluding steroid dienone is 2. The molecule has 1 fully saturated rings. The number of hydrogen-bond donors (Lipinski definition) is 1. The van der Waals surface area contributed by atoms with Crippen molar-refractivity contribution in [3.05, 3.63) is 95.5 Å². The molecule has 0 saturated carbocycles. The highest BCUT2D eigenvalue weighted by Gasteiger charge is 2.24. The molecule has 2 atom stereocenters. The number of aryl methyl sites for hydroxylation is 1. The predicted octanol–water partition coefficient (Wildman–Crippen LogP) is 6.13. The Hall–Kier alpha value is -4.13. The minimum absolute atomic E-state index is 0.0251. The highest BCUT2D eigenvalue weighted by Crippen LogP contribution is 2.29. The number of nitrogens with one attached hydrogen (secondary N) is 1. The molecule has 0 radical (unpaired) electrons. The monoisotopic (exact) mass is 566 g/mol. The van der Waals surface area contributed by atoms with Gasteiger partial charge in [0.15, 0.2) is 5.76 Å². The van der Waals surface area contributed by atoms with Crippen LogP contribution in [0.4, 0.5) is 11.4 Å². The van der Waals surface area contributed by atoms with Gasteiger partial charge >= 0.3 is 0 Å². The maximum Gasteiger partial charge on any atom is 0.251 e. The first-order chi connectivity index (χ1) is 20.5. The fourth-order valence-corrected chi connectivity index (χ4v) is 5.97. The van der Waals surface area contributed by atoms with E-state index in [1.807, 2.05) is 31.3 Å². The fourth-order valence-electron chi connectivity index (χ4n) is 5.97. The maximum atomic E-state index is 13.2. The number of para-hydroxylation sites is 1. The van der Waals surface area contributed by atoms with E-state index in [0.29, 0.717) is 30.2 Å². The number of rotatable bonds is 11. The molecule has 7 nitrogen and oxygen atoms in total. The Morgan fingerprint density at radius 3 is 2.57 bits per heavy atom. The average Bonchev–Trinajstić information content (AvgIpc) is 3.43. The van der Waals surface area contributed by atoms with Gasteiger partial charge in [-0.1, -0.05) is 31.2 Å². The lowest BCUT2D eigenvalue weighted by Gasteiger charge is -2.39. The molecule has 1 N–H and O–H groups in total. The third-order valence-electron chi connectivity index (χ3n) is 8.39. The summed E-state index contributed by atoms with van der Waals surface area (Å²) in [5.41, 5.74) is 5.31. The molecule has 1 aromatic heterocycles. The number of carbonyl (C=O) groups is 2. The molecule has 5 rings (SSSR count). The molecule has 0 spiro atoms. The first-order valence-corrected chi connectivity index (χ1v) is 15.2. The van der Waals surface area contributed by atoms with Gasteiger partial charge in [-0.05, 0) is 92.1 Å². The minimum atomic E-state index is -0.280. The number of amides is 1. The van der Waals surface area contributed by atoms with Crippen molar-refractivity contribution < 1.29 is 14.0 Å². The fraction of sp³-hybridized carbons (Fsp3) is 0.400. The highest BCUT2D eigenvalue weighted by atomic mass is 16.3. The molecule has 3 aromatic rings. The third-order valence-corrected chi connectivity index (χ3v) is 8.39. The predicted molar refractivity (Wildman–Crippen MR) is 170 cm³/mol. The summed E-state index contributed by atoms with van der Waals surface area (Å²) >= 11 is 0. The average molecular weight is 567 g/mol. The van der Waals surface area contributed by atoms with E-state index in [1.165, 1.54) is 17.5 Å². The third kappa shape index (κ3) is 7.38. The van der Waals surface area contributed by atoms with E-state index in [9.17, 15) is 9.59 Å². The molecule has 42 heavy (non-hydrogen) atoms. The van der Waals surface area contributed by atoms with Crippen molar-refractivity contribution in [3.63, 3.8) is 0 Å². The normalized spacial score (nSPS) is 17.6. The Balaban J connectivity index is 1.27. The van der Waals surface area contributed by atoms with Crippen LogP contribution in [0, 0.1) is 18.8 Å². The van der Waals surface area contributed by atoms with Crippen LogP contribution in [0.25, 0.3) is 0 Å². The maximum absolute atomic E-state index is 13.2. The highest BCUT2D eigenvalue weighted by molar-refractivity contribution is 5.96. The summed E-state index contributed by atoms with van der Waals surface area (Å²) in [6.07, 6.45) is 11.1. The van der Waals surface area contributed by atoms with Crippen LogP contribution in [0.3, 0.4) is 0 Å². The zero-order chi connectivity index (χ0) is 29.3. The van der Waals surface area contributed by atoms with Gasteiger partial charge in [-0.25, -0.2) is 0 Å². The number of carbonyl (C=O) groups excluding carboxylic acids is 2. The number of anilines is 2. The number of benzene rings is 2. The first kappa shape index (κ1) is 29.4. The smallest absolute Gasteiger partial charge is 0.251 e. The van der Waals surface area contributed by atoms with Crippen LogP contribution in [0.5, 0.6) is 0 Å². The Morgan fingerprint density at radius 2 is 1.81 bits per heavy atom. The lowest BCUT2D eigenvalue weighted by molar-refractivity contribution is 0.0901. The number of piperazine rings is 1. The quantitative estimate of drug-likeness (QED) is 0.223. The van der Waals surface area contributed by atoms with Crippen LogP contribution in [0.1, 0.15) is 58.2 Å². The largest absolute Gasteiger partial charge is 0.461 e. The molecule has 2 aliphatic heterocycles. The Morgan fingerprint density at radius 1 is 1.02 bits per heavy atom. The van der Waals surface area contributed by atoms with Crippen LogP contribution in [-0.2, 0) is 6.42 Å². The second-order valence-corrected chi connectivity index (χ2v) is 11.5. The Labute approximate surface area is 249 Å². The summed E-state index contributed by atoms with van der Waals surface area (Å²) in [6.45, 7) is 9.13. The molecule has 2 aliphatic rings. The van der Waals surface area contributed by atoms with E-state index in [-0.39, 0.29) is 17.6 Å². The van der Waals surface area contributed by atoms with E-state index >= 15 is 0 Å². The summed E-state index contributed by atoms with van der Waals surface area (Å²) in [4.78, 5) is 35.5. The summed E-state index contributed by atoms with van der Waals surface area (Å²) < 4.78 is 5.39. The van der Waals surface area contributed by atoms with Crippen LogP contribution in [0.2, 0.25) is 0 Å². The lowest BCUT2D eigenvalue weighted by atomic mass is 9.93. The van der Waals surface area contributed by atoms with Crippen molar-refractivity contribution in [1.29, 1.82) is 0 Å². The minimum Gasteiger partial charge on any atom is -0.461 e. The van der Waals surface area contributed by atoms with E-state index < -0.39 is 0 Å². The number of aliphatic imine (C=N–C) groups is 1. The Bertz CT molecular complexity index is 1390. The summed E-state index contributed by atoms with van der Waals surface area (Å²) in [7, 11) is 0. The second kappa shape index (κ2) is 14.2. The van der Waals surface area contributed by atoms with Crippen molar-refractivity contribution in [2.75, 3.05) is 49.1 Å². The van der Waals surface area contributed by atoms with Gasteiger partial charge in [-0.2, -0.15) is 0 Å². The van der Waals surface area contributed by atoms with Crippen LogP contribution in [-0.4, -0.2) is 57.2 Å². The molecular formula is C35H42N4O3. The molecule has 3 heterocycles. The van der Waals surface area contributed by atoms with E-state index in [1.54, 1.807) is 12.1 Å². The summed E-state index contributed by atoms with van der Waals surface area (Å²) in [6, 6.07) is 17.9. The van der Waals surface area contributed by atoms with Crippen LogP contribution >= 0.6 is 0 Å². The number of Topliss-reactive ketones (excluding diaryl/α,β-unsaturated/α-hetero) is 1. The Kier molecular flexibility index (Phi) is 9.90. The molecule has 2 aromatic carbocycles. The van der Waals surface area contributed by atoms with Gasteiger partial charge < -0.3 is 19.5 Å². The van der Waals surface area contributed by atoms with E-state index in [0.717, 1.165) is 63.2 Å². The SMILES string of the molecule is Cc1ccccc1N1CCN(c2ccc(C(=O)NCCCC3CC=CC=NC3)cc2CC(C)C(=O)c2ccco2)CC1. The molecular weight excluding hydrogens is 524 g/mol. The summed E-state index contributed by atoms with van der Waals surface area (Å²) in [5, 5.41) is 3.11. The van der Waals surface area contributed by atoms with Gasteiger partial charge in [0.05, 0.1) is 6.26 Å². The number of nitrogens with zero attached hydrogens (tertiary/aromatic N) is 3. The van der Waals surface area contributed by atoms with Gasteiger partial charge in [0.1, 0.15) is 0 Å². The lowest BCUT2D eigenvalue weighted by Crippen LogP contribution is -2.47. The molecule has 0 aliphatic carbocycles. The topological polar surface area (TPSA) is 78.1 Å². The van der Waals surface area contributed by atoms with Crippen molar-refractivity contribution >= 4 is 29.3 Å². The standard InChI is InChI=1S/C35H42N4O3/c1-26-9-3-4-12-31(26)38-18-20-39(21-19-38)32-15-14-29(24-30(32)23-27(2)34(40)33-13-8-22-42-33)35(41)37-17-7-11-28-10-5-6-16-36-25-28/h3-6,8-9,12-16,22,24,27-28H,7,10-11,17-21,23,25H2,1-2H3,(H,37,41). The molecule has 2 unspecified atom stereocenters. The molecule has 1 saturated heterocycles. The second-order valence-electron chi connectivity index (χ2n) is 11.5. The molecule has 220 valence electrons. The van der Waals surface area contributed by atoms with Crippen LogP contribution in [0.15, 0.2) is 82.4 Å². The number of furan rings is 1. The van der Waals surface area contributed by atoms with E-state index in [4.69, 9.17) is 4.42 Å². The van der Waals surface area contributed by atoms with Gasteiger partial charge in [0.2, 0.25) is 5.78 Å². The van der Waals surface area contributed by atoms with Crippen molar-refractivity contribution in [3.8, 4) is 0 Å². The molecule has 0 bridgehead atoms. The molecule has 7 heteroatoms. The van der Waals surface area contributed by atoms with Gasteiger partial charge in [0.25, 0.3) is 5.91 Å². The van der Waals surface area contributed by atoms with Gasteiger partial charge in [-0.3, -0.25) is 14.6 Å². The van der Waals surface area contributed by atoms with Crippen molar-refractivity contribution in [2.24, 2.45) is 16.8 Å². The first-order valence-electron chi connectivity index (χ1n) is 15.2. The number of hydrogen-bond acceptors (Lipinski definition) is 6. The van der Waals surface area contributed by atoms with Crippen LogP contribution < -0.4 is 15.1 Å². The van der Waals surface area contributed by atoms with Crippen molar-refractivity contribution in [2.45, 2.75) is 39.5 Å². The van der Waals surface area contributed by atoms with Gasteiger partial charge in [-0.15, -0.1) is 0 Å².